The van der Waals surface area contributed by atoms with Crippen LogP contribution in [0.4, 0.5) is 8.78 Å². The van der Waals surface area contributed by atoms with Crippen LogP contribution in [0.3, 0.4) is 0 Å². The van der Waals surface area contributed by atoms with Crippen molar-refractivity contribution in [2.75, 3.05) is 0 Å². The van der Waals surface area contributed by atoms with Crippen molar-refractivity contribution in [3.05, 3.63) is 23.7 Å². The van der Waals surface area contributed by atoms with Gasteiger partial charge in [0.05, 0.1) is 0 Å². The number of hydrogen-bond acceptors (Lipinski definition) is 1. The van der Waals surface area contributed by atoms with Crippen molar-refractivity contribution in [3.63, 3.8) is 0 Å². The molecule has 0 bridgehead atoms. The molecule has 1 aliphatic rings. The number of alkyl halides is 2. The normalized spacial score (nSPS) is 33.1. The maximum atomic E-state index is 12.6. The van der Waals surface area contributed by atoms with Gasteiger partial charge in [-0.1, -0.05) is 11.6 Å². The van der Waals surface area contributed by atoms with Gasteiger partial charge in [0, 0.05) is 12.5 Å². The van der Waals surface area contributed by atoms with Crippen LogP contribution in [0.15, 0.2) is 23.7 Å². The first-order chi connectivity index (χ1) is 4.51. The molecule has 0 fully saturated rings. The van der Waals surface area contributed by atoms with E-state index < -0.39 is 16.7 Å². The molecule has 0 spiro atoms. The van der Waals surface area contributed by atoms with Gasteiger partial charge in [-0.15, -0.1) is 0 Å². The van der Waals surface area contributed by atoms with Crippen molar-refractivity contribution in [1.82, 2.24) is 0 Å². The molecule has 1 N–H and O–H groups in total. The average Bonchev–Trinajstić information content (AvgIpc) is 1.79. The molecular formula is C6H5ClF2O. The zero-order chi connectivity index (χ0) is 7.78. The number of aliphatic hydroxyl groups excluding tert-OH is 1. The van der Waals surface area contributed by atoms with Gasteiger partial charge in [-0.05, 0) is 6.08 Å². The lowest BCUT2D eigenvalue weighted by atomic mass is 10.1. The number of allylic oxidation sites excluding steroid dienone is 3. The summed E-state index contributed by atoms with van der Waals surface area (Å²) in [4.78, 5) is 0. The summed E-state index contributed by atoms with van der Waals surface area (Å²) < 4.78 is 24.9. The summed E-state index contributed by atoms with van der Waals surface area (Å²) in [6.45, 7) is 0. The zero-order valence-corrected chi connectivity index (χ0v) is 5.70. The molecule has 0 aromatic carbocycles. The monoisotopic (exact) mass is 166 g/mol. The number of aliphatic hydroxyl groups is 1. The Morgan fingerprint density at radius 1 is 1.70 bits per heavy atom. The largest absolute Gasteiger partial charge is 0.505 e. The van der Waals surface area contributed by atoms with E-state index in [2.05, 4.69) is 0 Å². The van der Waals surface area contributed by atoms with E-state index in [0.717, 1.165) is 6.08 Å². The molecule has 56 valence electrons. The lowest BCUT2D eigenvalue weighted by Gasteiger charge is -2.14. The van der Waals surface area contributed by atoms with Crippen LogP contribution in [-0.2, 0) is 0 Å². The van der Waals surface area contributed by atoms with Crippen molar-refractivity contribution in [3.8, 4) is 0 Å². The smallest absolute Gasteiger partial charge is 0.209 e. The maximum absolute atomic E-state index is 12.6. The van der Waals surface area contributed by atoms with E-state index in [9.17, 15) is 8.78 Å². The molecule has 0 aromatic rings. The summed E-state index contributed by atoms with van der Waals surface area (Å²) in [6, 6.07) is 0. The van der Waals surface area contributed by atoms with E-state index in [1.165, 1.54) is 0 Å². The van der Waals surface area contributed by atoms with E-state index in [1.807, 2.05) is 0 Å². The molecule has 0 saturated heterocycles. The van der Waals surface area contributed by atoms with Gasteiger partial charge in [-0.2, -0.15) is 0 Å². The van der Waals surface area contributed by atoms with Crippen LogP contribution in [0.25, 0.3) is 0 Å². The minimum absolute atomic E-state index is 0.246. The molecule has 0 saturated carbocycles. The fraction of sp³-hybridized carbons (Fsp3) is 0.333. The van der Waals surface area contributed by atoms with Gasteiger partial charge in [0.15, 0.2) is 11.6 Å². The van der Waals surface area contributed by atoms with Crippen molar-refractivity contribution in [2.24, 2.45) is 0 Å². The summed E-state index contributed by atoms with van der Waals surface area (Å²) in [7, 11) is 0. The molecule has 4 heteroatoms. The second-order valence-corrected chi connectivity index (χ2v) is 2.68. The second kappa shape index (κ2) is 2.23. The molecule has 1 rings (SSSR count). The molecule has 1 nitrogen and oxygen atoms in total. The standard InChI is InChI=1S/C6H5ClF2O/c7-6(9)2-1-4(8)5(10)3-6/h1,3,10H,2H2. The molecule has 0 aromatic heterocycles. The Morgan fingerprint density at radius 3 is 2.70 bits per heavy atom. The molecule has 1 atom stereocenters. The summed E-state index contributed by atoms with van der Waals surface area (Å²) in [5.41, 5.74) is 0. The van der Waals surface area contributed by atoms with Crippen LogP contribution >= 0.6 is 11.6 Å². The van der Waals surface area contributed by atoms with Crippen LogP contribution in [0.5, 0.6) is 0 Å². The van der Waals surface area contributed by atoms with Crippen LogP contribution in [0, 0.1) is 0 Å². The Kier molecular flexibility index (Phi) is 1.68. The Bertz CT molecular complexity index is 208. The van der Waals surface area contributed by atoms with E-state index in [1.54, 1.807) is 0 Å². The summed E-state index contributed by atoms with van der Waals surface area (Å²) in [6.07, 6.45) is 1.30. The third kappa shape index (κ3) is 1.48. The lowest BCUT2D eigenvalue weighted by molar-refractivity contribution is 0.307. The number of hydrogen-bond donors (Lipinski definition) is 1. The molecule has 1 unspecified atom stereocenters. The predicted octanol–water partition coefficient (Wildman–Crippen LogP) is 2.59. The minimum Gasteiger partial charge on any atom is -0.505 e. The minimum atomic E-state index is -2.13. The van der Waals surface area contributed by atoms with Crippen LogP contribution in [0.1, 0.15) is 6.42 Å². The number of halogens is 3. The Balaban J connectivity index is 2.87. The van der Waals surface area contributed by atoms with Gasteiger partial charge >= 0.3 is 0 Å². The average molecular weight is 167 g/mol. The topological polar surface area (TPSA) is 20.2 Å². The highest BCUT2D eigenvalue weighted by Gasteiger charge is 2.28. The van der Waals surface area contributed by atoms with Gasteiger partial charge in [-0.3, -0.25) is 0 Å². The second-order valence-electron chi connectivity index (χ2n) is 2.05. The predicted molar refractivity (Wildman–Crippen MR) is 34.2 cm³/mol. The highest BCUT2D eigenvalue weighted by Crippen LogP contribution is 2.31. The van der Waals surface area contributed by atoms with E-state index in [0.29, 0.717) is 6.08 Å². The lowest BCUT2D eigenvalue weighted by Crippen LogP contribution is -2.13. The van der Waals surface area contributed by atoms with Gasteiger partial charge < -0.3 is 5.11 Å². The first kappa shape index (κ1) is 7.54. The molecule has 0 heterocycles. The van der Waals surface area contributed by atoms with Crippen molar-refractivity contribution >= 4 is 11.6 Å². The molecule has 0 radical (unpaired) electrons. The first-order valence-electron chi connectivity index (χ1n) is 2.67. The van der Waals surface area contributed by atoms with Crippen LogP contribution in [0.2, 0.25) is 0 Å². The fourth-order valence-electron chi connectivity index (χ4n) is 0.658. The van der Waals surface area contributed by atoms with Crippen molar-refractivity contribution < 1.29 is 13.9 Å². The molecule has 0 aliphatic heterocycles. The Morgan fingerprint density at radius 2 is 2.30 bits per heavy atom. The van der Waals surface area contributed by atoms with Crippen molar-refractivity contribution in [1.29, 1.82) is 0 Å². The highest BCUT2D eigenvalue weighted by atomic mass is 35.5. The van der Waals surface area contributed by atoms with Gasteiger partial charge in [0.25, 0.3) is 0 Å². The van der Waals surface area contributed by atoms with E-state index in [-0.39, 0.29) is 6.42 Å². The van der Waals surface area contributed by atoms with E-state index >= 15 is 0 Å². The van der Waals surface area contributed by atoms with E-state index in [4.69, 9.17) is 16.7 Å². The number of rotatable bonds is 0. The SMILES string of the molecule is OC1=CC(F)(Cl)CC=C1F. The molecule has 10 heavy (non-hydrogen) atoms. The van der Waals surface area contributed by atoms with Crippen molar-refractivity contribution in [2.45, 2.75) is 11.5 Å². The van der Waals surface area contributed by atoms with Crippen LogP contribution < -0.4 is 0 Å². The van der Waals surface area contributed by atoms with Gasteiger partial charge in [0.1, 0.15) is 0 Å². The van der Waals surface area contributed by atoms with Gasteiger partial charge in [-0.25, -0.2) is 8.78 Å². The third-order valence-corrected chi connectivity index (χ3v) is 1.41. The first-order valence-corrected chi connectivity index (χ1v) is 3.05. The third-order valence-electron chi connectivity index (χ3n) is 1.15. The summed E-state index contributed by atoms with van der Waals surface area (Å²) >= 11 is 5.12. The molecule has 0 amide bonds. The molecule has 1 aliphatic carbocycles. The molecular weight excluding hydrogens is 162 g/mol. The Hall–Kier alpha value is -0.570. The quantitative estimate of drug-likeness (QED) is 0.549. The summed E-state index contributed by atoms with van der Waals surface area (Å²) in [5.74, 6) is -1.56. The maximum Gasteiger partial charge on any atom is 0.209 e. The fourth-order valence-corrected chi connectivity index (χ4v) is 0.839. The summed E-state index contributed by atoms with van der Waals surface area (Å²) in [5, 5.41) is 6.48. The Labute approximate surface area is 61.6 Å². The van der Waals surface area contributed by atoms with Crippen LogP contribution in [-0.4, -0.2) is 10.2 Å². The van der Waals surface area contributed by atoms with Gasteiger partial charge in [0.2, 0.25) is 5.13 Å². The highest BCUT2D eigenvalue weighted by molar-refractivity contribution is 6.24. The zero-order valence-electron chi connectivity index (χ0n) is 4.94.